The molecule has 1 fully saturated rings. The molecular formula is C10H15N3O3. The standard InChI is InChI=1S/C10H15N3O3/c1-12-4-9(11-7-12)10(15)13-2-3-16-6-8(13)5-14/h4,7-8,14H,2-3,5-6H2,1H3. The van der Waals surface area contributed by atoms with Gasteiger partial charge in [-0.3, -0.25) is 4.79 Å². The number of aryl methyl sites for hydroxylation is 1. The Kier molecular flexibility index (Phi) is 3.21. The fraction of sp³-hybridized carbons (Fsp3) is 0.600. The Morgan fingerprint density at radius 3 is 3.19 bits per heavy atom. The van der Waals surface area contributed by atoms with Crippen molar-refractivity contribution < 1.29 is 14.6 Å². The second kappa shape index (κ2) is 4.63. The summed E-state index contributed by atoms with van der Waals surface area (Å²) in [4.78, 5) is 17.7. The Hall–Kier alpha value is -1.40. The average Bonchev–Trinajstić information content (AvgIpc) is 2.75. The molecule has 0 radical (unpaired) electrons. The largest absolute Gasteiger partial charge is 0.394 e. The van der Waals surface area contributed by atoms with Crippen LogP contribution < -0.4 is 0 Å². The maximum atomic E-state index is 12.1. The van der Waals surface area contributed by atoms with Gasteiger partial charge in [-0.2, -0.15) is 0 Å². The molecule has 1 aliphatic rings. The fourth-order valence-electron chi connectivity index (χ4n) is 1.74. The van der Waals surface area contributed by atoms with Crippen LogP contribution in [0.4, 0.5) is 0 Å². The van der Waals surface area contributed by atoms with E-state index in [-0.39, 0.29) is 18.6 Å². The zero-order chi connectivity index (χ0) is 11.5. The van der Waals surface area contributed by atoms with Crippen molar-refractivity contribution in [2.45, 2.75) is 6.04 Å². The first-order valence-electron chi connectivity index (χ1n) is 5.20. The molecule has 6 nitrogen and oxygen atoms in total. The van der Waals surface area contributed by atoms with Gasteiger partial charge < -0.3 is 19.3 Å². The maximum absolute atomic E-state index is 12.1. The molecule has 0 aliphatic carbocycles. The second-order valence-electron chi connectivity index (χ2n) is 3.83. The normalized spacial score (nSPS) is 21.1. The van der Waals surface area contributed by atoms with Gasteiger partial charge in [-0.1, -0.05) is 0 Å². The average molecular weight is 225 g/mol. The summed E-state index contributed by atoms with van der Waals surface area (Å²) in [6.07, 6.45) is 3.26. The maximum Gasteiger partial charge on any atom is 0.274 e. The Morgan fingerprint density at radius 2 is 2.56 bits per heavy atom. The van der Waals surface area contributed by atoms with E-state index >= 15 is 0 Å². The summed E-state index contributed by atoms with van der Waals surface area (Å²) >= 11 is 0. The SMILES string of the molecule is Cn1cnc(C(=O)N2CCOCC2CO)c1. The van der Waals surface area contributed by atoms with Gasteiger partial charge in [-0.15, -0.1) is 0 Å². The third-order valence-electron chi connectivity index (χ3n) is 2.62. The smallest absolute Gasteiger partial charge is 0.274 e. The number of hydrogen-bond donors (Lipinski definition) is 1. The van der Waals surface area contributed by atoms with E-state index in [4.69, 9.17) is 9.84 Å². The van der Waals surface area contributed by atoms with Crippen molar-refractivity contribution in [2.24, 2.45) is 7.05 Å². The molecule has 1 unspecified atom stereocenters. The van der Waals surface area contributed by atoms with Crippen molar-refractivity contribution in [2.75, 3.05) is 26.4 Å². The van der Waals surface area contributed by atoms with E-state index in [1.165, 1.54) is 0 Å². The monoisotopic (exact) mass is 225 g/mol. The lowest BCUT2D eigenvalue weighted by atomic mass is 10.2. The predicted molar refractivity (Wildman–Crippen MR) is 55.9 cm³/mol. The molecule has 0 bridgehead atoms. The number of aliphatic hydroxyl groups is 1. The Balaban J connectivity index is 2.13. The van der Waals surface area contributed by atoms with Crippen molar-refractivity contribution in [1.29, 1.82) is 0 Å². The van der Waals surface area contributed by atoms with Gasteiger partial charge in [0, 0.05) is 19.8 Å². The molecule has 2 rings (SSSR count). The highest BCUT2D eigenvalue weighted by Crippen LogP contribution is 2.10. The third kappa shape index (κ3) is 2.07. The number of ether oxygens (including phenoxy) is 1. The number of carbonyl (C=O) groups excluding carboxylic acids is 1. The highest BCUT2D eigenvalue weighted by molar-refractivity contribution is 5.92. The van der Waals surface area contributed by atoms with Gasteiger partial charge in [-0.25, -0.2) is 4.98 Å². The number of nitrogens with zero attached hydrogens (tertiary/aromatic N) is 3. The lowest BCUT2D eigenvalue weighted by molar-refractivity contribution is -0.0186. The molecule has 6 heteroatoms. The van der Waals surface area contributed by atoms with Crippen LogP contribution in [-0.4, -0.2) is 57.9 Å². The van der Waals surface area contributed by atoms with Crippen LogP contribution in [0.2, 0.25) is 0 Å². The summed E-state index contributed by atoms with van der Waals surface area (Å²) in [5.41, 5.74) is 0.405. The molecule has 0 aromatic carbocycles. The first kappa shape index (κ1) is 11.1. The number of aliphatic hydroxyl groups excluding tert-OH is 1. The minimum absolute atomic E-state index is 0.0847. The third-order valence-corrected chi connectivity index (χ3v) is 2.62. The zero-order valence-corrected chi connectivity index (χ0v) is 9.17. The highest BCUT2D eigenvalue weighted by atomic mass is 16.5. The molecule has 0 spiro atoms. The van der Waals surface area contributed by atoms with Crippen molar-refractivity contribution in [1.82, 2.24) is 14.5 Å². The molecule has 16 heavy (non-hydrogen) atoms. The van der Waals surface area contributed by atoms with Crippen LogP contribution in [0, 0.1) is 0 Å². The van der Waals surface area contributed by atoms with Crippen LogP contribution in [0.3, 0.4) is 0 Å². The number of hydrogen-bond acceptors (Lipinski definition) is 4. The van der Waals surface area contributed by atoms with E-state index in [0.29, 0.717) is 25.5 Å². The lowest BCUT2D eigenvalue weighted by Gasteiger charge is -2.33. The van der Waals surface area contributed by atoms with Gasteiger partial charge in [-0.05, 0) is 0 Å². The van der Waals surface area contributed by atoms with Crippen LogP contribution in [0.5, 0.6) is 0 Å². The van der Waals surface area contributed by atoms with Gasteiger partial charge in [0.1, 0.15) is 5.69 Å². The van der Waals surface area contributed by atoms with Crippen molar-refractivity contribution in [3.05, 3.63) is 18.2 Å². The van der Waals surface area contributed by atoms with Crippen molar-refractivity contribution in [3.8, 4) is 0 Å². The van der Waals surface area contributed by atoms with Crippen LogP contribution in [-0.2, 0) is 11.8 Å². The first-order valence-corrected chi connectivity index (χ1v) is 5.20. The molecule has 1 amide bonds. The van der Waals surface area contributed by atoms with Gasteiger partial charge in [0.05, 0.1) is 32.2 Å². The summed E-state index contributed by atoms with van der Waals surface area (Å²) in [7, 11) is 1.81. The van der Waals surface area contributed by atoms with Crippen LogP contribution in [0.15, 0.2) is 12.5 Å². The van der Waals surface area contributed by atoms with Gasteiger partial charge >= 0.3 is 0 Å². The summed E-state index contributed by atoms with van der Waals surface area (Å²) in [6, 6.07) is -0.261. The molecule has 88 valence electrons. The lowest BCUT2D eigenvalue weighted by Crippen LogP contribution is -2.50. The van der Waals surface area contributed by atoms with Gasteiger partial charge in [0.2, 0.25) is 0 Å². The molecule has 1 aromatic heterocycles. The number of rotatable bonds is 2. The second-order valence-corrected chi connectivity index (χ2v) is 3.83. The Labute approximate surface area is 93.4 Å². The van der Waals surface area contributed by atoms with E-state index < -0.39 is 0 Å². The number of imidazole rings is 1. The van der Waals surface area contributed by atoms with E-state index in [2.05, 4.69) is 4.98 Å². The quantitative estimate of drug-likeness (QED) is 0.719. The van der Waals surface area contributed by atoms with E-state index in [1.54, 1.807) is 22.0 Å². The van der Waals surface area contributed by atoms with Crippen molar-refractivity contribution >= 4 is 5.91 Å². The van der Waals surface area contributed by atoms with Crippen LogP contribution in [0.1, 0.15) is 10.5 Å². The summed E-state index contributed by atoms with van der Waals surface area (Å²) < 4.78 is 6.94. The van der Waals surface area contributed by atoms with Gasteiger partial charge in [0.25, 0.3) is 5.91 Å². The Bertz CT molecular complexity index is 377. The molecule has 1 N–H and O–H groups in total. The molecule has 1 aliphatic heterocycles. The van der Waals surface area contributed by atoms with E-state index in [1.807, 2.05) is 7.05 Å². The molecular weight excluding hydrogens is 210 g/mol. The zero-order valence-electron chi connectivity index (χ0n) is 9.17. The highest BCUT2D eigenvalue weighted by Gasteiger charge is 2.28. The number of amides is 1. The van der Waals surface area contributed by atoms with Gasteiger partial charge in [0.15, 0.2) is 0 Å². The molecule has 2 heterocycles. The molecule has 1 saturated heterocycles. The van der Waals surface area contributed by atoms with E-state index in [9.17, 15) is 4.79 Å². The summed E-state index contributed by atoms with van der Waals surface area (Å²) in [5, 5.41) is 9.16. The molecule has 1 aromatic rings. The minimum atomic E-state index is -0.261. The minimum Gasteiger partial charge on any atom is -0.394 e. The van der Waals surface area contributed by atoms with Crippen molar-refractivity contribution in [3.63, 3.8) is 0 Å². The fourth-order valence-corrected chi connectivity index (χ4v) is 1.74. The van der Waals surface area contributed by atoms with Crippen LogP contribution in [0.25, 0.3) is 0 Å². The predicted octanol–water partition coefficient (Wildman–Crippen LogP) is -0.747. The topological polar surface area (TPSA) is 67.6 Å². The molecule has 0 saturated carbocycles. The van der Waals surface area contributed by atoms with E-state index in [0.717, 1.165) is 0 Å². The summed E-state index contributed by atoms with van der Waals surface area (Å²) in [5.74, 6) is -0.150. The number of carbonyl (C=O) groups is 1. The Morgan fingerprint density at radius 1 is 1.75 bits per heavy atom. The first-order chi connectivity index (χ1) is 7.72. The number of morpholine rings is 1. The molecule has 1 atom stereocenters. The summed E-state index contributed by atoms with van der Waals surface area (Å²) in [6.45, 7) is 1.31. The number of aromatic nitrogens is 2. The van der Waals surface area contributed by atoms with Crippen LogP contribution >= 0.6 is 0 Å².